The molecule has 7 heteroatoms. The number of aromatic nitrogens is 1. The van der Waals surface area contributed by atoms with Crippen LogP contribution in [0.25, 0.3) is 0 Å². The zero-order chi connectivity index (χ0) is 14.2. The lowest BCUT2D eigenvalue weighted by atomic mass is 10.3. The molecule has 1 aromatic rings. The maximum absolute atomic E-state index is 11.7. The van der Waals surface area contributed by atoms with Crippen LogP contribution in [0.2, 0.25) is 0 Å². The molecule has 0 aromatic carbocycles. The average Bonchev–Trinajstić information content (AvgIpc) is 2.87. The summed E-state index contributed by atoms with van der Waals surface area (Å²) in [5, 5.41) is 5.50. The van der Waals surface area contributed by atoms with Crippen molar-refractivity contribution in [2.24, 2.45) is 0 Å². The predicted molar refractivity (Wildman–Crippen MR) is 77.9 cm³/mol. The second-order valence-electron chi connectivity index (χ2n) is 4.68. The number of nitrogens with one attached hydrogen (secondary N) is 1. The molecule has 1 aromatic heterocycles. The van der Waals surface area contributed by atoms with Crippen LogP contribution in [-0.2, 0) is 20.8 Å². The number of anilines is 1. The van der Waals surface area contributed by atoms with Crippen LogP contribution in [0.4, 0.5) is 5.13 Å². The summed E-state index contributed by atoms with van der Waals surface area (Å²) in [4.78, 5) is 18.4. The van der Waals surface area contributed by atoms with Gasteiger partial charge >= 0.3 is 0 Å². The van der Waals surface area contributed by atoms with E-state index < -0.39 is 0 Å². The van der Waals surface area contributed by atoms with E-state index >= 15 is 0 Å². The lowest BCUT2D eigenvalue weighted by Gasteiger charge is -2.25. The lowest BCUT2D eigenvalue weighted by Crippen LogP contribution is -2.35. The number of hydrogen-bond donors (Lipinski definition) is 1. The lowest BCUT2D eigenvalue weighted by molar-refractivity contribution is -0.116. The van der Waals surface area contributed by atoms with Crippen molar-refractivity contribution >= 4 is 22.4 Å². The number of carbonyl (C=O) groups excluding carboxylic acids is 1. The minimum atomic E-state index is -0.00526. The number of thiazole rings is 1. The normalized spacial score (nSPS) is 16.2. The fourth-order valence-corrected chi connectivity index (χ4v) is 2.70. The maximum atomic E-state index is 11.7. The molecule has 0 radical (unpaired) electrons. The van der Waals surface area contributed by atoms with E-state index in [1.165, 1.54) is 11.3 Å². The largest absolute Gasteiger partial charge is 0.385 e. The third kappa shape index (κ3) is 5.16. The van der Waals surface area contributed by atoms with Crippen LogP contribution in [0.3, 0.4) is 0 Å². The molecule has 1 aliphatic rings. The summed E-state index contributed by atoms with van der Waals surface area (Å²) in [6.45, 7) is 4.87. The monoisotopic (exact) mass is 299 g/mol. The number of morpholine rings is 1. The third-order valence-electron chi connectivity index (χ3n) is 3.04. The molecular formula is C13H21N3O3S. The van der Waals surface area contributed by atoms with Gasteiger partial charge in [-0.15, -0.1) is 11.3 Å². The van der Waals surface area contributed by atoms with Gasteiger partial charge in [0.15, 0.2) is 5.13 Å². The van der Waals surface area contributed by atoms with Crippen molar-refractivity contribution in [3.8, 4) is 0 Å². The molecule has 0 atom stereocenters. The predicted octanol–water partition coefficient (Wildman–Crippen LogP) is 1.34. The van der Waals surface area contributed by atoms with E-state index in [4.69, 9.17) is 9.47 Å². The Kier molecular flexibility index (Phi) is 6.38. The summed E-state index contributed by atoms with van der Waals surface area (Å²) in [5.41, 5.74) is 1.00. The highest BCUT2D eigenvalue weighted by atomic mass is 32.1. The topological polar surface area (TPSA) is 63.7 Å². The van der Waals surface area contributed by atoms with E-state index in [1.807, 2.05) is 5.38 Å². The number of ether oxygens (including phenoxy) is 2. The zero-order valence-corrected chi connectivity index (χ0v) is 12.6. The summed E-state index contributed by atoms with van der Waals surface area (Å²) < 4.78 is 10.2. The van der Waals surface area contributed by atoms with Crippen LogP contribution >= 0.6 is 11.3 Å². The van der Waals surface area contributed by atoms with Crippen LogP contribution < -0.4 is 5.32 Å². The van der Waals surface area contributed by atoms with E-state index in [2.05, 4.69) is 15.2 Å². The fraction of sp³-hybridized carbons (Fsp3) is 0.692. The van der Waals surface area contributed by atoms with Gasteiger partial charge in [-0.25, -0.2) is 4.98 Å². The SMILES string of the molecule is COCCCC(=O)Nc1nc(CN2CCOCC2)cs1. The third-order valence-corrected chi connectivity index (χ3v) is 3.85. The van der Waals surface area contributed by atoms with Crippen LogP contribution in [0.15, 0.2) is 5.38 Å². The van der Waals surface area contributed by atoms with Crippen LogP contribution in [0, 0.1) is 0 Å². The Hall–Kier alpha value is -1.02. The van der Waals surface area contributed by atoms with E-state index in [-0.39, 0.29) is 5.91 Å². The Morgan fingerprint density at radius 3 is 3.10 bits per heavy atom. The Balaban J connectivity index is 1.75. The molecule has 6 nitrogen and oxygen atoms in total. The van der Waals surface area contributed by atoms with Gasteiger partial charge in [0.1, 0.15) is 0 Å². The first kappa shape index (κ1) is 15.4. The zero-order valence-electron chi connectivity index (χ0n) is 11.8. The molecule has 2 rings (SSSR count). The minimum absolute atomic E-state index is 0.00526. The Bertz CT molecular complexity index is 419. The van der Waals surface area contributed by atoms with E-state index in [1.54, 1.807) is 7.11 Å². The number of carbonyl (C=O) groups is 1. The number of amides is 1. The van der Waals surface area contributed by atoms with Gasteiger partial charge in [0, 0.05) is 45.2 Å². The van der Waals surface area contributed by atoms with Crippen molar-refractivity contribution in [3.63, 3.8) is 0 Å². The van der Waals surface area contributed by atoms with Crippen LogP contribution in [0.1, 0.15) is 18.5 Å². The highest BCUT2D eigenvalue weighted by molar-refractivity contribution is 7.13. The summed E-state index contributed by atoms with van der Waals surface area (Å²) in [6.07, 6.45) is 1.20. The minimum Gasteiger partial charge on any atom is -0.385 e. The van der Waals surface area contributed by atoms with Crippen LogP contribution in [-0.4, -0.2) is 55.8 Å². The second kappa shape index (κ2) is 8.31. The van der Waals surface area contributed by atoms with Gasteiger partial charge in [0.2, 0.25) is 5.91 Å². The quantitative estimate of drug-likeness (QED) is 0.770. The second-order valence-corrected chi connectivity index (χ2v) is 5.54. The van der Waals surface area contributed by atoms with Gasteiger partial charge < -0.3 is 14.8 Å². The summed E-state index contributed by atoms with van der Waals surface area (Å²) in [7, 11) is 1.64. The highest BCUT2D eigenvalue weighted by Crippen LogP contribution is 2.17. The molecule has 1 N–H and O–H groups in total. The summed E-state index contributed by atoms with van der Waals surface area (Å²) in [6, 6.07) is 0. The average molecular weight is 299 g/mol. The number of hydrogen-bond acceptors (Lipinski definition) is 6. The molecule has 1 saturated heterocycles. The molecule has 1 aliphatic heterocycles. The molecular weight excluding hydrogens is 278 g/mol. The fourth-order valence-electron chi connectivity index (χ4n) is 1.98. The van der Waals surface area contributed by atoms with Gasteiger partial charge in [-0.05, 0) is 6.42 Å². The Morgan fingerprint density at radius 1 is 1.55 bits per heavy atom. The van der Waals surface area contributed by atoms with Crippen molar-refractivity contribution in [2.75, 3.05) is 45.3 Å². The first-order valence-electron chi connectivity index (χ1n) is 6.81. The van der Waals surface area contributed by atoms with Crippen molar-refractivity contribution in [1.29, 1.82) is 0 Å². The molecule has 112 valence electrons. The molecule has 0 aliphatic carbocycles. The Morgan fingerprint density at radius 2 is 2.35 bits per heavy atom. The number of nitrogens with zero attached hydrogens (tertiary/aromatic N) is 2. The molecule has 0 spiro atoms. The summed E-state index contributed by atoms with van der Waals surface area (Å²) in [5.74, 6) is -0.00526. The van der Waals surface area contributed by atoms with Crippen molar-refractivity contribution in [1.82, 2.24) is 9.88 Å². The number of methoxy groups -OCH3 is 1. The van der Waals surface area contributed by atoms with E-state index in [9.17, 15) is 4.79 Å². The van der Waals surface area contributed by atoms with Crippen molar-refractivity contribution < 1.29 is 14.3 Å². The molecule has 0 bridgehead atoms. The molecule has 0 unspecified atom stereocenters. The van der Waals surface area contributed by atoms with Gasteiger partial charge in [0.25, 0.3) is 0 Å². The molecule has 20 heavy (non-hydrogen) atoms. The van der Waals surface area contributed by atoms with Gasteiger partial charge in [0.05, 0.1) is 18.9 Å². The highest BCUT2D eigenvalue weighted by Gasteiger charge is 2.13. The van der Waals surface area contributed by atoms with Crippen molar-refractivity contribution in [2.45, 2.75) is 19.4 Å². The Labute approximate surface area is 123 Å². The van der Waals surface area contributed by atoms with E-state index in [0.717, 1.165) is 45.0 Å². The van der Waals surface area contributed by atoms with Crippen molar-refractivity contribution in [3.05, 3.63) is 11.1 Å². The first-order valence-corrected chi connectivity index (χ1v) is 7.69. The van der Waals surface area contributed by atoms with Gasteiger partial charge in [-0.3, -0.25) is 9.69 Å². The smallest absolute Gasteiger partial charge is 0.226 e. The molecule has 0 saturated carbocycles. The van der Waals surface area contributed by atoms with E-state index in [0.29, 0.717) is 18.2 Å². The maximum Gasteiger partial charge on any atom is 0.226 e. The number of rotatable bonds is 7. The molecule has 1 fully saturated rings. The standard InChI is InChI=1S/C13H21N3O3S/c1-18-6-2-3-12(17)15-13-14-11(10-20-13)9-16-4-7-19-8-5-16/h10H,2-9H2,1H3,(H,14,15,17). The van der Waals surface area contributed by atoms with Gasteiger partial charge in [-0.2, -0.15) is 0 Å². The first-order chi connectivity index (χ1) is 9.78. The summed E-state index contributed by atoms with van der Waals surface area (Å²) >= 11 is 1.47. The molecule has 1 amide bonds. The van der Waals surface area contributed by atoms with Gasteiger partial charge in [-0.1, -0.05) is 0 Å². The van der Waals surface area contributed by atoms with Crippen LogP contribution in [0.5, 0.6) is 0 Å². The molecule has 2 heterocycles.